The smallest absolute Gasteiger partial charge is 0.341 e. The van der Waals surface area contributed by atoms with Crippen LogP contribution in [0.4, 0.5) is 5.69 Å². The van der Waals surface area contributed by atoms with E-state index in [0.717, 1.165) is 43.4 Å². The zero-order valence-electron chi connectivity index (χ0n) is 18.0. The zero-order chi connectivity index (χ0) is 21.5. The van der Waals surface area contributed by atoms with E-state index in [-0.39, 0.29) is 24.0 Å². The molecule has 0 aliphatic carbocycles. The Bertz CT molecular complexity index is 914. The number of piperazine rings is 1. The Morgan fingerprint density at radius 3 is 2.45 bits per heavy atom. The number of methoxy groups -OCH3 is 2. The fourth-order valence-corrected chi connectivity index (χ4v) is 3.54. The molecule has 168 valence electrons. The highest BCUT2D eigenvalue weighted by Gasteiger charge is 2.21. The molecule has 9 heteroatoms. The van der Waals surface area contributed by atoms with Crippen LogP contribution in [0.2, 0.25) is 0 Å². The average Bonchev–Trinajstić information content (AvgIpc) is 2.79. The third-order valence-corrected chi connectivity index (χ3v) is 5.13. The monoisotopic (exact) mass is 540 g/mol. The number of carbonyl (C=O) groups is 1. The molecule has 0 radical (unpaired) electrons. The first-order chi connectivity index (χ1) is 14.6. The van der Waals surface area contributed by atoms with Gasteiger partial charge in [0.25, 0.3) is 0 Å². The number of halogens is 1. The molecule has 2 aromatic carbocycles. The third kappa shape index (κ3) is 5.93. The van der Waals surface area contributed by atoms with Crippen molar-refractivity contribution in [3.8, 4) is 11.5 Å². The summed E-state index contributed by atoms with van der Waals surface area (Å²) in [6.45, 7) is 3.65. The van der Waals surface area contributed by atoms with Crippen LogP contribution in [0.1, 0.15) is 15.9 Å². The van der Waals surface area contributed by atoms with E-state index in [1.807, 2.05) is 24.3 Å². The second-order valence-corrected chi connectivity index (χ2v) is 6.89. The van der Waals surface area contributed by atoms with Gasteiger partial charge in [-0.2, -0.15) is 0 Å². The predicted octanol–water partition coefficient (Wildman–Crippen LogP) is 2.70. The SMILES string of the molecule is CN=C(NCc1ccc(OC)c(C(=O)OC)c1)N1CCN(c2ccccc2O)CC1.I. The number of benzene rings is 2. The third-order valence-electron chi connectivity index (χ3n) is 5.13. The molecule has 31 heavy (non-hydrogen) atoms. The van der Waals surface area contributed by atoms with Gasteiger partial charge in [-0.05, 0) is 29.8 Å². The molecule has 0 bridgehead atoms. The number of carbonyl (C=O) groups excluding carboxylic acids is 1. The van der Waals surface area contributed by atoms with E-state index in [9.17, 15) is 9.90 Å². The fourth-order valence-electron chi connectivity index (χ4n) is 3.54. The van der Waals surface area contributed by atoms with Gasteiger partial charge in [0.05, 0.1) is 19.9 Å². The molecule has 3 rings (SSSR count). The summed E-state index contributed by atoms with van der Waals surface area (Å²) in [5.41, 5.74) is 2.17. The zero-order valence-corrected chi connectivity index (χ0v) is 20.3. The second kappa shape index (κ2) is 11.6. The Balaban J connectivity index is 0.00000341. The number of hydrogen-bond donors (Lipinski definition) is 2. The lowest BCUT2D eigenvalue weighted by Crippen LogP contribution is -2.52. The number of guanidine groups is 1. The van der Waals surface area contributed by atoms with Crippen molar-refractivity contribution in [1.82, 2.24) is 10.2 Å². The number of phenols is 1. The highest BCUT2D eigenvalue weighted by molar-refractivity contribution is 14.0. The van der Waals surface area contributed by atoms with Crippen LogP contribution in [-0.4, -0.2) is 69.4 Å². The summed E-state index contributed by atoms with van der Waals surface area (Å²) in [5.74, 6) is 1.14. The Morgan fingerprint density at radius 2 is 1.84 bits per heavy atom. The molecule has 1 saturated heterocycles. The number of ether oxygens (including phenoxy) is 2. The normalized spacial score (nSPS) is 14.0. The molecular formula is C22H29IN4O4. The number of para-hydroxylation sites is 2. The molecule has 0 saturated carbocycles. The number of esters is 1. The Hall–Kier alpha value is -2.69. The summed E-state index contributed by atoms with van der Waals surface area (Å²) in [7, 11) is 4.63. The van der Waals surface area contributed by atoms with Crippen LogP contribution >= 0.6 is 24.0 Å². The topological polar surface area (TPSA) is 86.6 Å². The number of aliphatic imine (C=N–C) groups is 1. The first kappa shape index (κ1) is 24.6. The fraction of sp³-hybridized carbons (Fsp3) is 0.364. The lowest BCUT2D eigenvalue weighted by atomic mass is 10.1. The van der Waals surface area contributed by atoms with Crippen molar-refractivity contribution in [2.75, 3.05) is 52.3 Å². The molecule has 0 atom stereocenters. The second-order valence-electron chi connectivity index (χ2n) is 6.89. The molecule has 0 amide bonds. The minimum atomic E-state index is -0.432. The van der Waals surface area contributed by atoms with Gasteiger partial charge in [-0.1, -0.05) is 18.2 Å². The number of nitrogens with zero attached hydrogens (tertiary/aromatic N) is 3. The van der Waals surface area contributed by atoms with E-state index in [0.29, 0.717) is 23.6 Å². The largest absolute Gasteiger partial charge is 0.506 e. The van der Waals surface area contributed by atoms with Gasteiger partial charge in [0.2, 0.25) is 0 Å². The van der Waals surface area contributed by atoms with Crippen LogP contribution in [0.25, 0.3) is 0 Å². The number of aromatic hydroxyl groups is 1. The standard InChI is InChI=1S/C22H28N4O4.HI/c1-23-22(24-15-16-8-9-20(29-2)17(14-16)21(28)30-3)26-12-10-25(11-13-26)18-6-4-5-7-19(18)27;/h4-9,14,27H,10-13,15H2,1-3H3,(H,23,24);1H. The number of rotatable bonds is 5. The van der Waals surface area contributed by atoms with Gasteiger partial charge < -0.3 is 29.7 Å². The summed E-state index contributed by atoms with van der Waals surface area (Å²) in [4.78, 5) is 20.7. The summed E-state index contributed by atoms with van der Waals surface area (Å²) in [5, 5.41) is 13.4. The minimum Gasteiger partial charge on any atom is -0.506 e. The van der Waals surface area contributed by atoms with Crippen molar-refractivity contribution in [3.05, 3.63) is 53.6 Å². The van der Waals surface area contributed by atoms with Crippen LogP contribution in [-0.2, 0) is 11.3 Å². The maximum atomic E-state index is 12.0. The van der Waals surface area contributed by atoms with E-state index >= 15 is 0 Å². The summed E-state index contributed by atoms with van der Waals surface area (Å²) in [6, 6.07) is 12.8. The highest BCUT2D eigenvalue weighted by Crippen LogP contribution is 2.27. The maximum absolute atomic E-state index is 12.0. The molecule has 1 heterocycles. The Kier molecular flexibility index (Phi) is 9.22. The van der Waals surface area contributed by atoms with E-state index in [2.05, 4.69) is 20.1 Å². The first-order valence-corrected chi connectivity index (χ1v) is 9.81. The van der Waals surface area contributed by atoms with Crippen LogP contribution in [0.15, 0.2) is 47.5 Å². The Morgan fingerprint density at radius 1 is 1.13 bits per heavy atom. The molecule has 2 aromatic rings. The van der Waals surface area contributed by atoms with E-state index in [1.165, 1.54) is 14.2 Å². The minimum absolute atomic E-state index is 0. The number of anilines is 1. The van der Waals surface area contributed by atoms with E-state index in [4.69, 9.17) is 9.47 Å². The lowest BCUT2D eigenvalue weighted by molar-refractivity contribution is 0.0597. The molecule has 0 aromatic heterocycles. The van der Waals surface area contributed by atoms with Gasteiger partial charge in [0.15, 0.2) is 5.96 Å². The van der Waals surface area contributed by atoms with Crippen LogP contribution in [0, 0.1) is 0 Å². The molecule has 0 unspecified atom stereocenters. The first-order valence-electron chi connectivity index (χ1n) is 9.81. The van der Waals surface area contributed by atoms with Crippen molar-refractivity contribution in [3.63, 3.8) is 0 Å². The molecule has 1 aliphatic rings. The number of nitrogens with one attached hydrogen (secondary N) is 1. The molecule has 2 N–H and O–H groups in total. The molecule has 0 spiro atoms. The van der Waals surface area contributed by atoms with E-state index < -0.39 is 5.97 Å². The molecule has 8 nitrogen and oxygen atoms in total. The van der Waals surface area contributed by atoms with Crippen LogP contribution in [0.3, 0.4) is 0 Å². The van der Waals surface area contributed by atoms with E-state index in [1.54, 1.807) is 25.2 Å². The molecule has 1 aliphatic heterocycles. The lowest BCUT2D eigenvalue weighted by Gasteiger charge is -2.37. The van der Waals surface area contributed by atoms with Crippen LogP contribution in [0.5, 0.6) is 11.5 Å². The van der Waals surface area contributed by atoms with Crippen molar-refractivity contribution in [1.29, 1.82) is 0 Å². The van der Waals surface area contributed by atoms with Gasteiger partial charge in [-0.25, -0.2) is 4.79 Å². The summed E-state index contributed by atoms with van der Waals surface area (Å²) in [6.07, 6.45) is 0. The van der Waals surface area contributed by atoms with Crippen molar-refractivity contribution in [2.45, 2.75) is 6.54 Å². The van der Waals surface area contributed by atoms with Crippen molar-refractivity contribution < 1.29 is 19.4 Å². The summed E-state index contributed by atoms with van der Waals surface area (Å²) >= 11 is 0. The molecular weight excluding hydrogens is 511 g/mol. The summed E-state index contributed by atoms with van der Waals surface area (Å²) < 4.78 is 10.1. The van der Waals surface area contributed by atoms with Gasteiger partial charge in [0, 0.05) is 39.8 Å². The maximum Gasteiger partial charge on any atom is 0.341 e. The van der Waals surface area contributed by atoms with Gasteiger partial charge in [0.1, 0.15) is 17.1 Å². The van der Waals surface area contributed by atoms with Crippen molar-refractivity contribution >= 4 is 41.6 Å². The highest BCUT2D eigenvalue weighted by atomic mass is 127. The Labute approximate surface area is 199 Å². The van der Waals surface area contributed by atoms with Gasteiger partial charge in [-0.15, -0.1) is 24.0 Å². The number of phenolic OH excluding ortho intramolecular Hbond substituents is 1. The molecule has 1 fully saturated rings. The number of hydrogen-bond acceptors (Lipinski definition) is 6. The van der Waals surface area contributed by atoms with Gasteiger partial charge >= 0.3 is 5.97 Å². The average molecular weight is 540 g/mol. The predicted molar refractivity (Wildman–Crippen MR) is 132 cm³/mol. The van der Waals surface area contributed by atoms with Gasteiger partial charge in [-0.3, -0.25) is 4.99 Å². The quantitative estimate of drug-likeness (QED) is 0.261. The van der Waals surface area contributed by atoms with Crippen LogP contribution < -0.4 is 15.0 Å². The van der Waals surface area contributed by atoms with Crippen molar-refractivity contribution in [2.24, 2.45) is 4.99 Å².